The summed E-state index contributed by atoms with van der Waals surface area (Å²) in [7, 11) is 0.346. The predicted octanol–water partition coefficient (Wildman–Crippen LogP) is 5.23. The third-order valence-electron chi connectivity index (χ3n) is 5.04. The molecule has 10 nitrogen and oxygen atoms in total. The molecule has 0 aliphatic heterocycles. The zero-order valence-corrected chi connectivity index (χ0v) is 24.4. The average molecular weight is 609 g/mol. The molecule has 0 heterocycles. The van der Waals surface area contributed by atoms with Crippen molar-refractivity contribution in [2.24, 2.45) is 0 Å². The zero-order chi connectivity index (χ0) is 27.1. The van der Waals surface area contributed by atoms with Gasteiger partial charge in [-0.2, -0.15) is 0 Å². The first kappa shape index (κ1) is 33.3. The van der Waals surface area contributed by atoms with Crippen LogP contribution < -0.4 is 0 Å². The lowest BCUT2D eigenvalue weighted by atomic mass is 10.1. The second-order valence-corrected chi connectivity index (χ2v) is 11.8. The van der Waals surface area contributed by atoms with E-state index in [1.54, 1.807) is 9.34 Å². The summed E-state index contributed by atoms with van der Waals surface area (Å²) in [5.41, 5.74) is 0.394. The molecule has 1 N–H and O–H groups in total. The van der Waals surface area contributed by atoms with Crippen LogP contribution in [0.2, 0.25) is 0 Å². The zero-order valence-electron chi connectivity index (χ0n) is 20.5. The summed E-state index contributed by atoms with van der Waals surface area (Å²) in [5.74, 6) is 0.390. The number of carbonyl (C=O) groups excluding carboxylic acids is 1. The molecule has 0 fully saturated rings. The predicted molar refractivity (Wildman–Crippen MR) is 147 cm³/mol. The summed E-state index contributed by atoms with van der Waals surface area (Å²) >= 11 is 24.2. The fourth-order valence-corrected chi connectivity index (χ4v) is 7.17. The Morgan fingerprint density at radius 2 is 1.44 bits per heavy atom. The van der Waals surface area contributed by atoms with Gasteiger partial charge in [0, 0.05) is 68.4 Å². The number of nitrogens with zero attached hydrogens (tertiary/aromatic N) is 4. The molecule has 36 heavy (non-hydrogen) atoms. The van der Waals surface area contributed by atoms with Crippen LogP contribution in [-0.4, -0.2) is 102 Å². The van der Waals surface area contributed by atoms with Crippen molar-refractivity contribution < 1.29 is 19.0 Å². The molecule has 0 spiro atoms. The molecule has 0 aromatic heterocycles. The molecule has 1 aromatic carbocycles. The highest BCUT2D eigenvalue weighted by Gasteiger charge is 2.37. The number of likely N-dealkylation sites (N-methyl/N-ethyl adjacent to an activating group) is 1. The smallest absolute Gasteiger partial charge is 0.308 e. The number of nitrogens with one attached hydrogen (secondary N) is 1. The third-order valence-corrected chi connectivity index (χ3v) is 8.60. The van der Waals surface area contributed by atoms with Crippen molar-refractivity contribution in [3.05, 3.63) is 39.9 Å². The number of hydrogen-bond acceptors (Lipinski definition) is 7. The fourth-order valence-electron chi connectivity index (χ4n) is 3.22. The number of hydrogen-bond donors (Lipinski definition) is 1. The van der Waals surface area contributed by atoms with Gasteiger partial charge in [-0.1, -0.05) is 0 Å². The molecule has 0 radical (unpaired) electrons. The highest BCUT2D eigenvalue weighted by atomic mass is 35.5. The minimum atomic E-state index is -3.38. The van der Waals surface area contributed by atoms with Crippen LogP contribution in [0.3, 0.4) is 0 Å². The van der Waals surface area contributed by atoms with Crippen molar-refractivity contribution in [1.29, 1.82) is 5.16 Å². The minimum absolute atomic E-state index is 0.102. The molecule has 0 saturated carbocycles. The lowest BCUT2D eigenvalue weighted by Crippen LogP contribution is -2.38. The highest BCUT2D eigenvalue weighted by Crippen LogP contribution is 2.58. The Balaban J connectivity index is 3.43. The van der Waals surface area contributed by atoms with Gasteiger partial charge in [-0.25, -0.2) is 9.34 Å². The molecule has 1 rings (SSSR count). The Kier molecular flexibility index (Phi) is 16.5. The maximum absolute atomic E-state index is 12.7. The summed E-state index contributed by atoms with van der Waals surface area (Å²) in [6, 6.07) is 5.69. The van der Waals surface area contributed by atoms with Gasteiger partial charge >= 0.3 is 5.97 Å². The van der Waals surface area contributed by atoms with E-state index in [2.05, 4.69) is 0 Å². The van der Waals surface area contributed by atoms with Crippen LogP contribution in [0.15, 0.2) is 24.3 Å². The van der Waals surface area contributed by atoms with Crippen molar-refractivity contribution in [3.63, 3.8) is 0 Å². The minimum Gasteiger partial charge on any atom is -0.464 e. The Morgan fingerprint density at radius 3 is 1.83 bits per heavy atom. The van der Waals surface area contributed by atoms with Gasteiger partial charge in [-0.05, 0) is 31.8 Å². The topological polar surface area (TPSA) is 112 Å². The van der Waals surface area contributed by atoms with Gasteiger partial charge in [0.05, 0.1) is 11.3 Å². The van der Waals surface area contributed by atoms with Crippen LogP contribution in [0, 0.1) is 15.3 Å². The molecular formula is C21H34Cl4N5O5P. The number of benzene rings is 1. The first-order valence-corrected chi connectivity index (χ1v) is 15.0. The van der Waals surface area contributed by atoms with Crippen molar-refractivity contribution in [2.75, 3.05) is 76.9 Å². The Labute approximate surface area is 232 Å². The first-order chi connectivity index (χ1) is 17.1. The van der Waals surface area contributed by atoms with Crippen LogP contribution >= 0.6 is 54.0 Å². The number of rotatable bonds is 19. The summed E-state index contributed by atoms with van der Waals surface area (Å²) in [5, 5.41) is 20.7. The Bertz CT molecular complexity index is 820. The van der Waals surface area contributed by atoms with Crippen molar-refractivity contribution >= 4 is 65.6 Å². The third kappa shape index (κ3) is 11.0. The van der Waals surface area contributed by atoms with E-state index in [0.717, 1.165) is 0 Å². The number of halogens is 4. The fraction of sp³-hybridized carbons (Fsp3) is 0.667. The van der Waals surface area contributed by atoms with E-state index in [4.69, 9.17) is 55.7 Å². The van der Waals surface area contributed by atoms with E-state index < -0.39 is 24.6 Å². The molecule has 0 aliphatic rings. The molecule has 0 amide bonds. The molecule has 0 bridgehead atoms. The van der Waals surface area contributed by atoms with E-state index in [1.165, 1.54) is 24.3 Å². The largest absolute Gasteiger partial charge is 0.464 e. The monoisotopic (exact) mass is 607 g/mol. The number of carbonyl (C=O) groups is 1. The van der Waals surface area contributed by atoms with Crippen molar-refractivity contribution in [1.82, 2.24) is 14.2 Å². The maximum Gasteiger partial charge on any atom is 0.308 e. The van der Waals surface area contributed by atoms with Gasteiger partial charge in [0.2, 0.25) is 7.58 Å². The normalized spacial score (nSPS) is 12.9. The quantitative estimate of drug-likeness (QED) is 0.0747. The number of ether oxygens (including phenoxy) is 1. The van der Waals surface area contributed by atoms with Crippen LogP contribution in [0.5, 0.6) is 0 Å². The standard InChI is InChI=1S/C21H34Cl4N5O5P/c1-27(2)15-16-34-21(31)17-20(18-3-5-19(6-4-18)30(32)33)35-36(26,28(11-7-22)12-8-23)29(13-9-24)14-10-25/h3-6,20,26H,7-17H2,1-2H3. The molecular weight excluding hydrogens is 575 g/mol. The van der Waals surface area contributed by atoms with Crippen molar-refractivity contribution in [3.8, 4) is 0 Å². The van der Waals surface area contributed by atoms with Gasteiger partial charge in [-0.15, -0.1) is 46.4 Å². The molecule has 15 heteroatoms. The summed E-state index contributed by atoms with van der Waals surface area (Å²) in [4.78, 5) is 25.2. The van der Waals surface area contributed by atoms with Crippen molar-refractivity contribution in [2.45, 2.75) is 12.5 Å². The van der Waals surface area contributed by atoms with Gasteiger partial charge in [-0.3, -0.25) is 20.1 Å². The Hall–Kier alpha value is -0.680. The second kappa shape index (κ2) is 17.8. The van der Waals surface area contributed by atoms with E-state index in [9.17, 15) is 20.1 Å². The number of nitro benzene ring substituents is 1. The second-order valence-electron chi connectivity index (χ2n) is 7.88. The molecule has 1 aromatic rings. The lowest BCUT2D eigenvalue weighted by Gasteiger charge is -2.42. The molecule has 0 saturated heterocycles. The lowest BCUT2D eigenvalue weighted by molar-refractivity contribution is -0.384. The van der Waals surface area contributed by atoms with Gasteiger partial charge < -0.3 is 14.2 Å². The van der Waals surface area contributed by atoms with E-state index in [0.29, 0.717) is 38.3 Å². The van der Waals surface area contributed by atoms with Gasteiger partial charge in [0.1, 0.15) is 12.7 Å². The molecule has 1 unspecified atom stereocenters. The number of non-ortho nitro benzene ring substituents is 1. The molecule has 1 atom stereocenters. The molecule has 206 valence electrons. The van der Waals surface area contributed by atoms with Crippen LogP contribution in [0.4, 0.5) is 5.69 Å². The highest BCUT2D eigenvalue weighted by molar-refractivity contribution is 7.55. The van der Waals surface area contributed by atoms with Crippen LogP contribution in [0.1, 0.15) is 18.1 Å². The number of alkyl halides is 4. The summed E-state index contributed by atoms with van der Waals surface area (Å²) < 4.78 is 15.3. The Morgan fingerprint density at radius 1 is 0.972 bits per heavy atom. The summed E-state index contributed by atoms with van der Waals surface area (Å²) in [6.45, 7) is 1.98. The SMILES string of the molecule is CN(C)CCOC(=O)CC(OP(=N)(N(CCCl)CCCl)N(CCCl)CCCl)c1ccc([N+](=O)[O-])cc1. The maximum atomic E-state index is 12.7. The van der Waals surface area contributed by atoms with Gasteiger partial charge in [0.15, 0.2) is 0 Å². The first-order valence-electron chi connectivity index (χ1n) is 11.2. The van der Waals surface area contributed by atoms with Crippen LogP contribution in [-0.2, 0) is 14.1 Å². The average Bonchev–Trinajstić information content (AvgIpc) is 2.83. The van der Waals surface area contributed by atoms with Gasteiger partial charge in [0.25, 0.3) is 5.69 Å². The summed E-state index contributed by atoms with van der Waals surface area (Å²) in [6.07, 6.45) is -1.12. The number of esters is 1. The molecule has 0 aliphatic carbocycles. The van der Waals surface area contributed by atoms with E-state index >= 15 is 0 Å². The van der Waals surface area contributed by atoms with E-state index in [1.807, 2.05) is 19.0 Å². The van der Waals surface area contributed by atoms with E-state index in [-0.39, 0.29) is 42.2 Å². The number of nitro groups is 1. The van der Waals surface area contributed by atoms with Crippen LogP contribution in [0.25, 0.3) is 0 Å².